The molecular formula is C16H25NO2. The summed E-state index contributed by atoms with van der Waals surface area (Å²) in [4.78, 5) is 11.7. The van der Waals surface area contributed by atoms with Gasteiger partial charge >= 0.3 is 5.97 Å². The largest absolute Gasteiger partial charge is 0.481 e. The number of aliphatic carboxylic acids is 1. The van der Waals surface area contributed by atoms with Crippen LogP contribution in [0.1, 0.15) is 51.0 Å². The van der Waals surface area contributed by atoms with Crippen molar-refractivity contribution < 1.29 is 9.90 Å². The van der Waals surface area contributed by atoms with Crippen molar-refractivity contribution >= 4 is 5.97 Å². The van der Waals surface area contributed by atoms with Crippen LogP contribution in [0.2, 0.25) is 0 Å². The molecule has 1 rings (SSSR count). The van der Waals surface area contributed by atoms with Gasteiger partial charge in [0.05, 0.1) is 0 Å². The van der Waals surface area contributed by atoms with Crippen molar-refractivity contribution in [3.05, 3.63) is 35.9 Å². The monoisotopic (exact) mass is 263 g/mol. The lowest BCUT2D eigenvalue weighted by atomic mass is 9.76. The summed E-state index contributed by atoms with van der Waals surface area (Å²) >= 11 is 0. The maximum Gasteiger partial charge on any atom is 0.315 e. The van der Waals surface area contributed by atoms with Gasteiger partial charge in [-0.05, 0) is 12.0 Å². The molecule has 0 spiro atoms. The Kier molecular flexibility index (Phi) is 6.57. The van der Waals surface area contributed by atoms with Crippen LogP contribution < -0.4 is 5.73 Å². The first-order valence-corrected chi connectivity index (χ1v) is 7.16. The fraction of sp³-hybridized carbons (Fsp3) is 0.562. The number of hydrogen-bond acceptors (Lipinski definition) is 2. The van der Waals surface area contributed by atoms with Crippen LogP contribution in [0.3, 0.4) is 0 Å². The number of nitrogens with two attached hydrogens (primary N) is 1. The van der Waals surface area contributed by atoms with E-state index in [9.17, 15) is 9.90 Å². The molecule has 0 amide bonds. The number of benzene rings is 1. The van der Waals surface area contributed by atoms with Crippen LogP contribution in [-0.4, -0.2) is 17.6 Å². The van der Waals surface area contributed by atoms with Gasteiger partial charge in [-0.15, -0.1) is 0 Å². The minimum Gasteiger partial charge on any atom is -0.481 e. The Hall–Kier alpha value is -1.35. The summed E-state index contributed by atoms with van der Waals surface area (Å²) in [6, 6.07) is 9.38. The summed E-state index contributed by atoms with van der Waals surface area (Å²) in [6.07, 6.45) is 6.19. The summed E-state index contributed by atoms with van der Waals surface area (Å²) < 4.78 is 0. The maximum atomic E-state index is 11.7. The Balaban J connectivity index is 2.74. The van der Waals surface area contributed by atoms with Gasteiger partial charge in [0, 0.05) is 6.54 Å². The molecule has 19 heavy (non-hydrogen) atoms. The van der Waals surface area contributed by atoms with Crippen molar-refractivity contribution in [1.82, 2.24) is 0 Å². The third-order valence-corrected chi connectivity index (χ3v) is 3.79. The van der Waals surface area contributed by atoms with Crippen LogP contribution in [0.4, 0.5) is 0 Å². The van der Waals surface area contributed by atoms with Gasteiger partial charge in [0.15, 0.2) is 0 Å². The van der Waals surface area contributed by atoms with Crippen molar-refractivity contribution in [2.75, 3.05) is 6.54 Å². The van der Waals surface area contributed by atoms with E-state index in [1.807, 2.05) is 30.3 Å². The topological polar surface area (TPSA) is 63.3 Å². The predicted molar refractivity (Wildman–Crippen MR) is 78.2 cm³/mol. The lowest BCUT2D eigenvalue weighted by molar-refractivity contribution is -0.143. The quantitative estimate of drug-likeness (QED) is 0.672. The number of rotatable bonds is 9. The second kappa shape index (κ2) is 7.95. The Morgan fingerprint density at radius 2 is 1.79 bits per heavy atom. The fourth-order valence-electron chi connectivity index (χ4n) is 2.47. The van der Waals surface area contributed by atoms with Gasteiger partial charge in [0.2, 0.25) is 0 Å². The molecule has 3 N–H and O–H groups in total. The van der Waals surface area contributed by atoms with Gasteiger partial charge < -0.3 is 10.8 Å². The predicted octanol–water partition coefficient (Wildman–Crippen LogP) is 3.33. The van der Waals surface area contributed by atoms with Gasteiger partial charge in [0.25, 0.3) is 0 Å². The fourth-order valence-corrected chi connectivity index (χ4v) is 2.47. The van der Waals surface area contributed by atoms with Crippen molar-refractivity contribution in [3.63, 3.8) is 0 Å². The van der Waals surface area contributed by atoms with Crippen LogP contribution >= 0.6 is 0 Å². The molecular weight excluding hydrogens is 238 g/mol. The maximum absolute atomic E-state index is 11.7. The number of carboxylic acids is 1. The second-order valence-corrected chi connectivity index (χ2v) is 5.12. The third kappa shape index (κ3) is 4.06. The molecule has 0 fully saturated rings. The lowest BCUT2D eigenvalue weighted by Gasteiger charge is -2.28. The molecule has 1 aromatic rings. The molecule has 3 nitrogen and oxygen atoms in total. The summed E-state index contributed by atoms with van der Waals surface area (Å²) in [5.74, 6) is -0.809. The van der Waals surface area contributed by atoms with Gasteiger partial charge in [-0.1, -0.05) is 69.4 Å². The van der Waals surface area contributed by atoms with E-state index >= 15 is 0 Å². The lowest BCUT2D eigenvalue weighted by Crippen LogP contribution is -2.43. The zero-order chi connectivity index (χ0) is 14.1. The Bertz CT molecular complexity index is 378. The van der Waals surface area contributed by atoms with E-state index in [1.165, 1.54) is 19.3 Å². The standard InChI is InChI=1S/C16H25NO2/c1-2-3-4-5-9-12-16(13-17,15(18)19)14-10-7-6-8-11-14/h6-8,10-11H,2-5,9,12-13,17H2,1H3,(H,18,19). The highest BCUT2D eigenvalue weighted by molar-refractivity contribution is 5.81. The van der Waals surface area contributed by atoms with Crippen LogP contribution in [0.25, 0.3) is 0 Å². The smallest absolute Gasteiger partial charge is 0.315 e. The number of carboxylic acid groups (broad SMARTS) is 1. The molecule has 0 radical (unpaired) electrons. The van der Waals surface area contributed by atoms with Gasteiger partial charge in [-0.2, -0.15) is 0 Å². The highest BCUT2D eigenvalue weighted by atomic mass is 16.4. The average molecular weight is 263 g/mol. The van der Waals surface area contributed by atoms with E-state index < -0.39 is 11.4 Å². The molecule has 0 aliphatic rings. The molecule has 1 aromatic carbocycles. The first kappa shape index (κ1) is 15.7. The first-order valence-electron chi connectivity index (χ1n) is 7.16. The highest BCUT2D eigenvalue weighted by Crippen LogP contribution is 2.30. The zero-order valence-corrected chi connectivity index (χ0v) is 11.8. The molecule has 106 valence electrons. The highest BCUT2D eigenvalue weighted by Gasteiger charge is 2.38. The van der Waals surface area contributed by atoms with Crippen molar-refractivity contribution in [2.45, 2.75) is 50.9 Å². The first-order chi connectivity index (χ1) is 9.17. The Morgan fingerprint density at radius 3 is 2.32 bits per heavy atom. The molecule has 0 aliphatic carbocycles. The van der Waals surface area contributed by atoms with E-state index in [-0.39, 0.29) is 6.54 Å². The SMILES string of the molecule is CCCCCCCC(CN)(C(=O)O)c1ccccc1. The van der Waals surface area contributed by atoms with Gasteiger partial charge in [-0.3, -0.25) is 4.79 Å². The van der Waals surface area contributed by atoms with E-state index in [4.69, 9.17) is 5.73 Å². The third-order valence-electron chi connectivity index (χ3n) is 3.79. The molecule has 0 heterocycles. The van der Waals surface area contributed by atoms with E-state index in [1.54, 1.807) is 0 Å². The Morgan fingerprint density at radius 1 is 1.16 bits per heavy atom. The van der Waals surface area contributed by atoms with Crippen LogP contribution in [0.5, 0.6) is 0 Å². The molecule has 0 saturated heterocycles. The summed E-state index contributed by atoms with van der Waals surface area (Å²) in [6.45, 7) is 2.32. The van der Waals surface area contributed by atoms with Gasteiger partial charge in [-0.25, -0.2) is 0 Å². The Labute approximate surface area is 115 Å². The molecule has 1 unspecified atom stereocenters. The van der Waals surface area contributed by atoms with Crippen LogP contribution in [0, 0.1) is 0 Å². The normalized spacial score (nSPS) is 14.0. The zero-order valence-electron chi connectivity index (χ0n) is 11.8. The summed E-state index contributed by atoms with van der Waals surface area (Å²) in [7, 11) is 0. The van der Waals surface area contributed by atoms with Crippen molar-refractivity contribution in [3.8, 4) is 0 Å². The minimum absolute atomic E-state index is 0.153. The second-order valence-electron chi connectivity index (χ2n) is 5.12. The molecule has 1 atom stereocenters. The van der Waals surface area contributed by atoms with Crippen LogP contribution in [0.15, 0.2) is 30.3 Å². The average Bonchev–Trinajstić information content (AvgIpc) is 2.44. The minimum atomic E-state index is -0.923. The molecule has 0 saturated carbocycles. The van der Waals surface area contributed by atoms with E-state index in [0.29, 0.717) is 6.42 Å². The summed E-state index contributed by atoms with van der Waals surface area (Å²) in [5, 5.41) is 9.60. The number of carbonyl (C=O) groups is 1. The van der Waals surface area contributed by atoms with Gasteiger partial charge in [0.1, 0.15) is 5.41 Å². The molecule has 3 heteroatoms. The number of unbranched alkanes of at least 4 members (excludes halogenated alkanes) is 4. The molecule has 0 aliphatic heterocycles. The van der Waals surface area contributed by atoms with Crippen molar-refractivity contribution in [2.24, 2.45) is 5.73 Å². The van der Waals surface area contributed by atoms with E-state index in [2.05, 4.69) is 6.92 Å². The van der Waals surface area contributed by atoms with Crippen molar-refractivity contribution in [1.29, 1.82) is 0 Å². The number of hydrogen-bond donors (Lipinski definition) is 2. The molecule has 0 aromatic heterocycles. The van der Waals surface area contributed by atoms with E-state index in [0.717, 1.165) is 18.4 Å². The summed E-state index contributed by atoms with van der Waals surface area (Å²) in [5.41, 5.74) is 5.70. The molecule has 0 bridgehead atoms. The van der Waals surface area contributed by atoms with Crippen LogP contribution in [-0.2, 0) is 10.2 Å².